The average Bonchev–Trinajstić information content (AvgIpc) is 1.18. The monoisotopic (exact) mass is 1420 g/mol. The van der Waals surface area contributed by atoms with E-state index in [4.69, 9.17) is 28.9 Å². The first kappa shape index (κ1) is 81.7. The van der Waals surface area contributed by atoms with Gasteiger partial charge < -0.3 is 32.1 Å². The molecule has 88 heavy (non-hydrogen) atoms. The van der Waals surface area contributed by atoms with Gasteiger partial charge in [0.15, 0.2) is 5.75 Å². The predicted molar refractivity (Wildman–Crippen MR) is 320 cm³/mol. The van der Waals surface area contributed by atoms with Crippen molar-refractivity contribution in [2.24, 2.45) is 20.5 Å². The van der Waals surface area contributed by atoms with Crippen LogP contribution in [0.2, 0.25) is 10.6 Å². The number of hydrogen-bond donors (Lipinski definition) is 12. The van der Waals surface area contributed by atoms with E-state index < -0.39 is 146 Å². The van der Waals surface area contributed by atoms with E-state index in [9.17, 15) is 82.9 Å². The fourth-order valence-corrected chi connectivity index (χ4v) is 10.9. The van der Waals surface area contributed by atoms with Crippen LogP contribution < -0.4 is 27.0 Å². The molecule has 0 saturated heterocycles. The summed E-state index contributed by atoms with van der Waals surface area (Å²) in [5.74, 6) is -2.76. The Morgan fingerprint density at radius 3 is 1.03 bits per heavy atom. The normalized spacial score (nSPS) is 11.9. The summed E-state index contributed by atoms with van der Waals surface area (Å²) >= 11 is 12.2. The standard InChI is InChI=1S/C40H29Cl2N15O19S6.6Na/c41-35-48-37(44-18-3-1-5-22(13-18)77(59,60)61)52-39(50-35)46-20-7-9-26(79(65,66)67)24(15-20)54-56-32-28(81(71,72)73)11-17-12-29(82(74,75)76)33(34(58)30(17)31(32)43)57-55-25-16-21(8-10-27(25)80(68,69)70)47-40-51-36(42)49-38(53-40)45-19-4-2-6-23(14-19)78(62,63)64;;;;;;/h1-16,58H,43H2,(H,59,60,61)(H,62,63,64)(H,65,66,67)(H,68,69,70)(H,71,72,73)(H,74,75,76)(H2,44,46,48,50,52)(H2,45,47,49,51,53);;;;;;. The van der Waals surface area contributed by atoms with Gasteiger partial charge in [-0.25, -0.2) is 0 Å². The Kier molecular flexibility index (Phi) is 29.9. The Balaban J connectivity index is 0.00000440. The summed E-state index contributed by atoms with van der Waals surface area (Å²) in [5.41, 5.74) is 1.03. The summed E-state index contributed by atoms with van der Waals surface area (Å²) in [5, 5.41) is 34.6. The zero-order valence-electron chi connectivity index (χ0n) is 45.5. The third kappa shape index (κ3) is 20.8. The van der Waals surface area contributed by atoms with Crippen LogP contribution in [0, 0.1) is 0 Å². The molecule has 34 nitrogen and oxygen atoms in total. The molecule has 2 aromatic heterocycles. The van der Waals surface area contributed by atoms with Crippen LogP contribution >= 0.6 is 23.2 Å². The van der Waals surface area contributed by atoms with Gasteiger partial charge in [0.05, 0.1) is 20.9 Å². The maximum atomic E-state index is 12.9. The van der Waals surface area contributed by atoms with E-state index in [-0.39, 0.29) is 224 Å². The zero-order chi connectivity index (χ0) is 60.1. The first-order valence-electron chi connectivity index (χ1n) is 21.2. The number of nitrogen functional groups attached to an aromatic ring is 1. The van der Waals surface area contributed by atoms with Crippen LogP contribution in [0.25, 0.3) is 10.8 Å². The molecular formula is C40H29Cl2N15Na6O19S6. The number of halogens is 2. The van der Waals surface area contributed by atoms with E-state index >= 15 is 0 Å². The molecule has 0 saturated carbocycles. The van der Waals surface area contributed by atoms with Crippen LogP contribution in [0.5, 0.6) is 5.75 Å². The number of phenols is 1. The van der Waals surface area contributed by atoms with Crippen LogP contribution in [-0.4, -0.2) is 290 Å². The Labute approximate surface area is 640 Å². The summed E-state index contributed by atoms with van der Waals surface area (Å²) in [6.07, 6.45) is 0. The van der Waals surface area contributed by atoms with Gasteiger partial charge in [-0.2, -0.15) is 80.4 Å². The van der Waals surface area contributed by atoms with Crippen LogP contribution in [0.4, 0.5) is 75.0 Å². The second kappa shape index (κ2) is 32.2. The predicted octanol–water partition coefficient (Wildman–Crippen LogP) is 4.81. The van der Waals surface area contributed by atoms with Crippen molar-refractivity contribution in [3.05, 3.63) is 108 Å². The van der Waals surface area contributed by atoms with Crippen molar-refractivity contribution in [3.63, 3.8) is 0 Å². The number of fused-ring (bicyclic) bond motifs is 1. The molecule has 0 amide bonds. The topological polar surface area (TPSA) is 547 Å². The molecule has 13 N–H and O–H groups in total. The number of azo groups is 2. The zero-order valence-corrected chi connectivity index (χ0v) is 63.9. The maximum Gasteiger partial charge on any atom is 0.296 e. The SMILES string of the molecule is Nc1c(N=Nc2cc(Nc3nc(Cl)nc(Nc4cccc(S(=O)(=O)O)c4)n3)ccc2S(=O)(=O)O)c(S(=O)(=O)O)cc2cc(S(=O)(=O)O)c(N=Nc3cc(Nc4nc(Cl)nc(Nc5cccc(S(=O)(=O)O)c5)n4)ccc3S(=O)(=O)O)c(O)c12.[Na].[Na].[Na].[Na].[Na].[Na]. The minimum atomic E-state index is -5.58. The second-order valence-electron chi connectivity index (χ2n) is 16.0. The number of anilines is 9. The van der Waals surface area contributed by atoms with Gasteiger partial charge in [-0.05, 0) is 114 Å². The van der Waals surface area contributed by atoms with E-state index in [1.807, 2.05) is 0 Å². The number of aromatic hydroxyl groups is 1. The van der Waals surface area contributed by atoms with Gasteiger partial charge in [0.25, 0.3) is 60.7 Å². The van der Waals surface area contributed by atoms with E-state index in [0.717, 1.165) is 60.7 Å². The third-order valence-corrected chi connectivity index (χ3v) is 15.9. The van der Waals surface area contributed by atoms with Crippen molar-refractivity contribution in [2.45, 2.75) is 29.4 Å². The number of aromatic nitrogens is 6. The summed E-state index contributed by atoms with van der Waals surface area (Å²) in [6.45, 7) is 0. The number of nitrogens with zero attached hydrogens (tertiary/aromatic N) is 10. The number of nitrogens with one attached hydrogen (secondary N) is 4. The van der Waals surface area contributed by atoms with Crippen molar-refractivity contribution >= 4 is 347 Å². The third-order valence-electron chi connectivity index (χ3n) is 10.4. The van der Waals surface area contributed by atoms with Crippen LogP contribution in [-0.2, 0) is 60.7 Å². The number of rotatable bonds is 18. The quantitative estimate of drug-likeness (QED) is 0.0237. The molecule has 0 aliphatic heterocycles. The van der Waals surface area contributed by atoms with Crippen molar-refractivity contribution in [2.75, 3.05) is 27.0 Å². The van der Waals surface area contributed by atoms with Crippen molar-refractivity contribution in [1.82, 2.24) is 29.9 Å². The molecule has 0 spiro atoms. The van der Waals surface area contributed by atoms with Crippen molar-refractivity contribution < 1.29 is 82.9 Å². The Morgan fingerprint density at radius 1 is 0.386 bits per heavy atom. The van der Waals surface area contributed by atoms with Gasteiger partial charge in [-0.1, -0.05) is 12.1 Å². The summed E-state index contributed by atoms with van der Waals surface area (Å²) < 4.78 is 208. The fourth-order valence-electron chi connectivity index (χ4n) is 7.00. The molecule has 0 aliphatic rings. The average molecular weight is 1430 g/mol. The van der Waals surface area contributed by atoms with Gasteiger partial charge in [0, 0.05) is 200 Å². The largest absolute Gasteiger partial charge is 0.505 e. The molecule has 434 valence electrons. The van der Waals surface area contributed by atoms with Gasteiger partial charge in [0.2, 0.25) is 34.4 Å². The smallest absolute Gasteiger partial charge is 0.296 e. The van der Waals surface area contributed by atoms with E-state index in [1.165, 1.54) is 24.3 Å². The van der Waals surface area contributed by atoms with Gasteiger partial charge in [0.1, 0.15) is 42.3 Å². The number of nitrogens with two attached hydrogens (primary N) is 1. The van der Waals surface area contributed by atoms with Gasteiger partial charge in [-0.3, -0.25) is 27.3 Å². The number of benzene rings is 6. The summed E-state index contributed by atoms with van der Waals surface area (Å²) in [6, 6.07) is 15.7. The molecule has 0 atom stereocenters. The van der Waals surface area contributed by atoms with Crippen LogP contribution in [0.3, 0.4) is 0 Å². The minimum Gasteiger partial charge on any atom is -0.505 e. The molecule has 6 radical (unpaired) electrons. The molecule has 0 fully saturated rings. The molecule has 8 rings (SSSR count). The minimum absolute atomic E-state index is 0. The van der Waals surface area contributed by atoms with E-state index in [2.05, 4.69) is 71.6 Å². The number of phenolic OH excluding ortho intramolecular Hbond substituents is 1. The molecule has 0 unspecified atom stereocenters. The first-order chi connectivity index (χ1) is 38.0. The molecule has 0 aliphatic carbocycles. The van der Waals surface area contributed by atoms with E-state index in [1.54, 1.807) is 0 Å². The van der Waals surface area contributed by atoms with Gasteiger partial charge >= 0.3 is 0 Å². The molecule has 2 heterocycles. The van der Waals surface area contributed by atoms with Crippen molar-refractivity contribution in [1.29, 1.82) is 0 Å². The number of hydrogen-bond acceptors (Lipinski definition) is 28. The van der Waals surface area contributed by atoms with Crippen molar-refractivity contribution in [3.8, 4) is 5.75 Å². The molecule has 8 aromatic rings. The van der Waals surface area contributed by atoms with E-state index in [0.29, 0.717) is 12.1 Å². The molecule has 0 bridgehead atoms. The molecule has 48 heteroatoms. The summed E-state index contributed by atoms with van der Waals surface area (Å²) in [7, 11) is -30.9. The fraction of sp³-hybridized carbons (Fsp3) is 0. The Morgan fingerprint density at radius 2 is 0.705 bits per heavy atom. The van der Waals surface area contributed by atoms with Crippen LogP contribution in [0.1, 0.15) is 0 Å². The summed E-state index contributed by atoms with van der Waals surface area (Å²) in [4.78, 5) is 18.0. The Hall–Kier alpha value is -2.36. The molecule has 6 aromatic carbocycles. The second-order valence-corrected chi connectivity index (χ2v) is 25.1. The molecular weight excluding hydrogens is 1400 g/mol. The Bertz CT molecular complexity index is 4520. The maximum absolute atomic E-state index is 12.9. The first-order valence-corrected chi connectivity index (χ1v) is 30.6. The van der Waals surface area contributed by atoms with Crippen LogP contribution in [0.15, 0.2) is 147 Å². The van der Waals surface area contributed by atoms with Gasteiger partial charge in [-0.15, -0.1) is 20.5 Å².